The Morgan fingerprint density at radius 3 is 2.45 bits per heavy atom. The molecule has 0 fully saturated rings. The lowest BCUT2D eigenvalue weighted by Crippen LogP contribution is -2.55. The van der Waals surface area contributed by atoms with Gasteiger partial charge in [-0.3, -0.25) is 14.5 Å². The number of para-hydroxylation sites is 1. The number of nitrogens with one attached hydrogen (secondary N) is 1. The number of anilines is 1. The van der Waals surface area contributed by atoms with Gasteiger partial charge in [0.1, 0.15) is 23.8 Å². The van der Waals surface area contributed by atoms with Crippen molar-refractivity contribution in [3.8, 4) is 5.69 Å². The topological polar surface area (TPSA) is 136 Å². The molecule has 1 aliphatic heterocycles. The molecule has 0 spiro atoms. The number of alkyl halides is 3. The molecule has 2 heterocycles. The standard InChI is InChI=1S/C30H25F4N7O3/c1-2-40-28-24(25(22(42)16-36-39-35)38-41(28)21-9-4-3-5-10-21)23(17-11-13-20(31)14-12-17)26(29(40)44)37-27(43)18-7-6-8-19(15-18)30(32,33)34/h3-15,22-23,26,42H,2,16H2,1H3,(H,37,43)/t22?,23-,26-/m1/s1. The van der Waals surface area contributed by atoms with E-state index < -0.39 is 54.0 Å². The Morgan fingerprint density at radius 1 is 1.11 bits per heavy atom. The van der Waals surface area contributed by atoms with Crippen LogP contribution in [-0.4, -0.2) is 45.8 Å². The number of hydrogen-bond acceptors (Lipinski definition) is 5. The molecule has 0 saturated heterocycles. The molecule has 4 aromatic rings. The number of benzene rings is 3. The summed E-state index contributed by atoms with van der Waals surface area (Å²) in [4.78, 5) is 31.7. The number of halogens is 4. The third kappa shape index (κ3) is 5.72. The highest BCUT2D eigenvalue weighted by Crippen LogP contribution is 2.45. The maximum absolute atomic E-state index is 14.2. The van der Waals surface area contributed by atoms with Crippen molar-refractivity contribution in [2.45, 2.75) is 31.2 Å². The molecule has 3 atom stereocenters. The quantitative estimate of drug-likeness (QED) is 0.115. The van der Waals surface area contributed by atoms with Gasteiger partial charge in [0.25, 0.3) is 11.8 Å². The predicted molar refractivity (Wildman–Crippen MR) is 152 cm³/mol. The van der Waals surface area contributed by atoms with E-state index >= 15 is 0 Å². The zero-order chi connectivity index (χ0) is 31.6. The molecule has 5 rings (SSSR count). The number of amides is 2. The molecule has 10 nitrogen and oxygen atoms in total. The highest BCUT2D eigenvalue weighted by atomic mass is 19.4. The lowest BCUT2D eigenvalue weighted by Gasteiger charge is -2.38. The first kappa shape index (κ1) is 30.3. The summed E-state index contributed by atoms with van der Waals surface area (Å²) in [5, 5.41) is 21.9. The van der Waals surface area contributed by atoms with E-state index in [1.54, 1.807) is 37.3 Å². The second-order valence-electron chi connectivity index (χ2n) is 9.94. The van der Waals surface area contributed by atoms with Gasteiger partial charge in [-0.25, -0.2) is 9.07 Å². The number of azide groups is 1. The Hall–Kier alpha value is -5.20. The Bertz CT molecular complexity index is 1740. The van der Waals surface area contributed by atoms with Crippen molar-refractivity contribution in [3.05, 3.63) is 123 Å². The summed E-state index contributed by atoms with van der Waals surface area (Å²) < 4.78 is 55.7. The molecule has 226 valence electrons. The molecule has 0 aliphatic carbocycles. The number of likely N-dealkylation sites (N-methyl/N-ethyl adjacent to an activating group) is 1. The first-order valence-electron chi connectivity index (χ1n) is 13.5. The van der Waals surface area contributed by atoms with Crippen molar-refractivity contribution >= 4 is 17.6 Å². The SMILES string of the molecule is CCN1C(=O)[C@H](NC(=O)c2cccc(C(F)(F)F)c2)[C@H](c2ccc(F)cc2)c2c(C(O)CN=[N+]=[N-])nn(-c3ccccc3)c21. The second kappa shape index (κ2) is 12.2. The number of aliphatic hydroxyl groups is 1. The van der Waals surface area contributed by atoms with Gasteiger partial charge in [-0.15, -0.1) is 0 Å². The van der Waals surface area contributed by atoms with Gasteiger partial charge < -0.3 is 10.4 Å². The minimum absolute atomic E-state index is 0.0369. The molecular formula is C30H25F4N7O3. The normalized spacial score (nSPS) is 17.0. The van der Waals surface area contributed by atoms with E-state index in [4.69, 9.17) is 5.53 Å². The van der Waals surface area contributed by atoms with Gasteiger partial charge in [0, 0.05) is 28.5 Å². The molecule has 1 unspecified atom stereocenters. The zero-order valence-electron chi connectivity index (χ0n) is 23.1. The molecule has 1 aliphatic rings. The lowest BCUT2D eigenvalue weighted by molar-refractivity contribution is -0.137. The van der Waals surface area contributed by atoms with E-state index in [1.807, 2.05) is 0 Å². The molecule has 44 heavy (non-hydrogen) atoms. The van der Waals surface area contributed by atoms with Gasteiger partial charge in [0.05, 0.1) is 23.5 Å². The smallest absolute Gasteiger partial charge is 0.387 e. The fraction of sp³-hybridized carbons (Fsp3) is 0.233. The Morgan fingerprint density at radius 2 is 1.82 bits per heavy atom. The molecule has 0 saturated carbocycles. The number of carbonyl (C=O) groups is 2. The summed E-state index contributed by atoms with van der Waals surface area (Å²) in [6.45, 7) is 1.36. The largest absolute Gasteiger partial charge is 0.416 e. The third-order valence-electron chi connectivity index (χ3n) is 7.28. The fourth-order valence-corrected chi connectivity index (χ4v) is 5.31. The highest BCUT2D eigenvalue weighted by molar-refractivity contribution is 6.05. The number of carbonyl (C=O) groups excluding carboxylic acids is 2. The van der Waals surface area contributed by atoms with Crippen LogP contribution in [0.2, 0.25) is 0 Å². The van der Waals surface area contributed by atoms with E-state index in [0.29, 0.717) is 17.3 Å². The van der Waals surface area contributed by atoms with E-state index in [-0.39, 0.29) is 29.2 Å². The summed E-state index contributed by atoms with van der Waals surface area (Å²) in [6, 6.07) is 16.2. The van der Waals surface area contributed by atoms with Crippen LogP contribution in [0.4, 0.5) is 23.4 Å². The minimum Gasteiger partial charge on any atom is -0.387 e. The number of hydrogen-bond donors (Lipinski definition) is 2. The number of aliphatic hydroxyl groups excluding tert-OH is 1. The average molecular weight is 608 g/mol. The van der Waals surface area contributed by atoms with Crippen LogP contribution in [0.5, 0.6) is 0 Å². The Balaban J connectivity index is 1.73. The maximum Gasteiger partial charge on any atom is 0.416 e. The molecule has 2 N–H and O–H groups in total. The van der Waals surface area contributed by atoms with Crippen LogP contribution in [0, 0.1) is 5.82 Å². The minimum atomic E-state index is -4.70. The van der Waals surface area contributed by atoms with Crippen LogP contribution < -0.4 is 10.2 Å². The van der Waals surface area contributed by atoms with Gasteiger partial charge >= 0.3 is 6.18 Å². The van der Waals surface area contributed by atoms with Crippen LogP contribution in [0.15, 0.2) is 84.0 Å². The monoisotopic (exact) mass is 607 g/mol. The number of aromatic nitrogens is 2. The van der Waals surface area contributed by atoms with Crippen LogP contribution in [0.1, 0.15) is 51.7 Å². The first-order valence-corrected chi connectivity index (χ1v) is 13.5. The summed E-state index contributed by atoms with van der Waals surface area (Å²) in [5.41, 5.74) is 8.73. The number of nitrogens with zero attached hydrogens (tertiary/aromatic N) is 6. The van der Waals surface area contributed by atoms with Crippen molar-refractivity contribution in [2.24, 2.45) is 5.11 Å². The van der Waals surface area contributed by atoms with Crippen LogP contribution in [0.25, 0.3) is 16.1 Å². The van der Waals surface area contributed by atoms with Crippen molar-refractivity contribution in [2.75, 3.05) is 18.0 Å². The molecule has 2 amide bonds. The van der Waals surface area contributed by atoms with Gasteiger partial charge in [0.2, 0.25) is 0 Å². The summed E-state index contributed by atoms with van der Waals surface area (Å²) in [7, 11) is 0. The average Bonchev–Trinajstić information content (AvgIpc) is 3.41. The first-order chi connectivity index (χ1) is 21.0. The summed E-state index contributed by atoms with van der Waals surface area (Å²) in [5.74, 6) is -2.95. The zero-order valence-corrected chi connectivity index (χ0v) is 23.1. The number of fused-ring (bicyclic) bond motifs is 1. The van der Waals surface area contributed by atoms with Crippen molar-refractivity contribution in [3.63, 3.8) is 0 Å². The predicted octanol–water partition coefficient (Wildman–Crippen LogP) is 5.67. The van der Waals surface area contributed by atoms with Gasteiger partial charge in [-0.1, -0.05) is 41.5 Å². The highest BCUT2D eigenvalue weighted by Gasteiger charge is 2.47. The second-order valence-corrected chi connectivity index (χ2v) is 9.94. The molecule has 14 heteroatoms. The Labute approximate surface area is 248 Å². The van der Waals surface area contributed by atoms with E-state index in [1.165, 1.54) is 27.8 Å². The van der Waals surface area contributed by atoms with Gasteiger partial charge in [-0.2, -0.15) is 18.3 Å². The lowest BCUT2D eigenvalue weighted by atomic mass is 9.80. The van der Waals surface area contributed by atoms with Crippen molar-refractivity contribution in [1.82, 2.24) is 15.1 Å². The van der Waals surface area contributed by atoms with Crippen molar-refractivity contribution < 1.29 is 32.3 Å². The molecule has 0 radical (unpaired) electrons. The molecule has 3 aromatic carbocycles. The molecule has 1 aromatic heterocycles. The summed E-state index contributed by atoms with van der Waals surface area (Å²) in [6.07, 6.45) is -6.15. The Kier molecular flexibility index (Phi) is 8.39. The third-order valence-corrected chi connectivity index (χ3v) is 7.28. The van der Waals surface area contributed by atoms with E-state index in [0.717, 1.165) is 24.3 Å². The van der Waals surface area contributed by atoms with Crippen LogP contribution in [0.3, 0.4) is 0 Å². The van der Waals surface area contributed by atoms with E-state index in [2.05, 4.69) is 20.4 Å². The van der Waals surface area contributed by atoms with Gasteiger partial charge in [0.15, 0.2) is 0 Å². The molecular weight excluding hydrogens is 582 g/mol. The fourth-order valence-electron chi connectivity index (χ4n) is 5.31. The van der Waals surface area contributed by atoms with E-state index in [9.17, 15) is 32.3 Å². The van der Waals surface area contributed by atoms with Crippen molar-refractivity contribution in [1.29, 1.82) is 0 Å². The number of rotatable bonds is 8. The molecule has 0 bridgehead atoms. The van der Waals surface area contributed by atoms with Crippen LogP contribution >= 0.6 is 0 Å². The summed E-state index contributed by atoms with van der Waals surface area (Å²) >= 11 is 0. The van der Waals surface area contributed by atoms with Gasteiger partial charge in [-0.05, 0) is 60.5 Å². The van der Waals surface area contributed by atoms with Crippen LogP contribution in [-0.2, 0) is 11.0 Å². The maximum atomic E-state index is 14.2.